The number of amides is 1. The smallest absolute Gasteiger partial charge is 1.00 e. The van der Waals surface area contributed by atoms with E-state index in [9.17, 15) is 18.3 Å². The number of rotatable bonds is 2. The van der Waals surface area contributed by atoms with Gasteiger partial charge in [-0.2, -0.15) is 8.42 Å². The number of nitrogens with zero attached hydrogens (tertiary/aromatic N) is 1. The van der Waals surface area contributed by atoms with Gasteiger partial charge in [0.15, 0.2) is 0 Å². The Morgan fingerprint density at radius 1 is 1.27 bits per heavy atom. The van der Waals surface area contributed by atoms with Crippen LogP contribution in [0.1, 0.15) is 1.43 Å². The minimum atomic E-state index is -3.95. The van der Waals surface area contributed by atoms with E-state index in [-0.39, 0.29) is 70.8 Å². The fourth-order valence-corrected chi connectivity index (χ4v) is 3.39. The van der Waals surface area contributed by atoms with Crippen LogP contribution in [0.15, 0.2) is 30.3 Å². The van der Waals surface area contributed by atoms with E-state index in [1.165, 1.54) is 19.2 Å². The largest absolute Gasteiger partial charge is 1.00 e. The summed E-state index contributed by atoms with van der Waals surface area (Å²) in [7, 11) is -2.43. The number of carbonyl (C=O) groups is 1. The number of methoxy groups -OCH3 is 1. The van der Waals surface area contributed by atoms with Crippen molar-refractivity contribution in [1.29, 1.82) is 0 Å². The molecule has 2 aromatic rings. The zero-order valence-corrected chi connectivity index (χ0v) is 16.0. The van der Waals surface area contributed by atoms with Crippen LogP contribution >= 0.6 is 0 Å². The first kappa shape index (κ1) is 17.5. The number of anilines is 1. The molecule has 1 aliphatic rings. The molecule has 2 aromatic carbocycles. The molecular formula is C13H13KN2O5S. The van der Waals surface area contributed by atoms with Crippen LogP contribution in [0.25, 0.3) is 10.8 Å². The molecule has 3 rings (SSSR count). The third-order valence-electron chi connectivity index (χ3n) is 3.23. The monoisotopic (exact) mass is 348 g/mol. The number of fused-ring (bicyclic) bond motifs is 1. The van der Waals surface area contributed by atoms with Crippen LogP contribution in [0.5, 0.6) is 11.5 Å². The Kier molecular flexibility index (Phi) is 5.05. The first-order valence-corrected chi connectivity index (χ1v) is 7.49. The summed E-state index contributed by atoms with van der Waals surface area (Å²) in [6.45, 7) is -0.356. The van der Waals surface area contributed by atoms with Crippen LogP contribution in [0.3, 0.4) is 0 Å². The molecule has 0 unspecified atom stereocenters. The second-order valence-corrected chi connectivity index (χ2v) is 6.19. The first-order valence-electron chi connectivity index (χ1n) is 6.05. The summed E-state index contributed by atoms with van der Waals surface area (Å²) in [5.41, 5.74) is 0.0501. The van der Waals surface area contributed by atoms with Crippen LogP contribution in [0.2, 0.25) is 0 Å². The van der Waals surface area contributed by atoms with E-state index in [0.29, 0.717) is 11.1 Å². The van der Waals surface area contributed by atoms with Gasteiger partial charge in [-0.1, -0.05) is 6.07 Å². The van der Waals surface area contributed by atoms with Gasteiger partial charge in [-0.05, 0) is 35.0 Å². The summed E-state index contributed by atoms with van der Waals surface area (Å²) >= 11 is 0. The van der Waals surface area contributed by atoms with Crippen LogP contribution in [0.4, 0.5) is 5.69 Å². The molecule has 22 heavy (non-hydrogen) atoms. The molecule has 0 radical (unpaired) electrons. The minimum Gasteiger partial charge on any atom is -1.00 e. The van der Waals surface area contributed by atoms with Crippen molar-refractivity contribution in [1.82, 2.24) is 4.72 Å². The maximum atomic E-state index is 11.8. The predicted octanol–water partition coefficient (Wildman–Crippen LogP) is -2.15. The Hall–Kier alpha value is -0.844. The number of phenols is 1. The Labute approximate surface area is 171 Å². The van der Waals surface area contributed by atoms with Gasteiger partial charge in [-0.25, -0.2) is 9.03 Å². The first-order chi connectivity index (χ1) is 9.90. The summed E-state index contributed by atoms with van der Waals surface area (Å²) in [5, 5.41) is 11.5. The van der Waals surface area contributed by atoms with Gasteiger partial charge in [-0.15, -0.1) is 0 Å². The third-order valence-corrected chi connectivity index (χ3v) is 4.62. The molecule has 0 saturated carbocycles. The molecule has 112 valence electrons. The average molecular weight is 348 g/mol. The molecule has 2 N–H and O–H groups in total. The van der Waals surface area contributed by atoms with Gasteiger partial charge >= 0.3 is 61.6 Å². The quantitative estimate of drug-likeness (QED) is 0.604. The fraction of sp³-hybridized carbons (Fsp3) is 0.154. The zero-order chi connectivity index (χ0) is 15.2. The van der Waals surface area contributed by atoms with Gasteiger partial charge in [-0.3, -0.25) is 4.79 Å². The number of nitrogens with one attached hydrogen (secondary N) is 1. The molecule has 0 bridgehead atoms. The summed E-state index contributed by atoms with van der Waals surface area (Å²) in [5.74, 6) is -0.245. The molecule has 1 saturated heterocycles. The number of hydrogen-bond donors (Lipinski definition) is 2. The van der Waals surface area contributed by atoms with Gasteiger partial charge in [0.2, 0.25) is 0 Å². The molecule has 1 amide bonds. The van der Waals surface area contributed by atoms with Gasteiger partial charge in [0, 0.05) is 0 Å². The third kappa shape index (κ3) is 3.10. The maximum Gasteiger partial charge on any atom is 1.00 e. The molecule has 0 aliphatic carbocycles. The van der Waals surface area contributed by atoms with Gasteiger partial charge in [0.1, 0.15) is 18.0 Å². The topological polar surface area (TPSA) is 95.9 Å². The minimum absolute atomic E-state index is 0. The Bertz CT molecular complexity index is 859. The van der Waals surface area contributed by atoms with Crippen LogP contribution in [0, 0.1) is 0 Å². The molecule has 9 heteroatoms. The number of ether oxygens (including phenoxy) is 1. The number of hydrogen-bond acceptors (Lipinski definition) is 5. The Balaban J connectivity index is 0.00000132. The van der Waals surface area contributed by atoms with Crippen molar-refractivity contribution in [3.63, 3.8) is 0 Å². The van der Waals surface area contributed by atoms with Crippen molar-refractivity contribution in [2.24, 2.45) is 0 Å². The second kappa shape index (κ2) is 6.34. The molecule has 1 heterocycles. The summed E-state index contributed by atoms with van der Waals surface area (Å²) in [4.78, 5) is 11.3. The molecule has 0 spiro atoms. The van der Waals surface area contributed by atoms with Crippen molar-refractivity contribution in [3.8, 4) is 11.5 Å². The standard InChI is InChI=1S/C13H12N2O5S.K.H/c1-20-10-3-2-8-6-12(16)11(5-9(8)4-10)15-7-13(17)14-21(15,18)19;;/h2-6,16H,7H2,1H3,(H,14,17);;/q;+1;-1. The van der Waals surface area contributed by atoms with Crippen LogP contribution < -0.4 is 65.1 Å². The summed E-state index contributed by atoms with van der Waals surface area (Å²) in [6, 6.07) is 8.16. The van der Waals surface area contributed by atoms with Crippen molar-refractivity contribution in [2.45, 2.75) is 0 Å². The van der Waals surface area contributed by atoms with E-state index in [0.717, 1.165) is 9.69 Å². The second-order valence-electron chi connectivity index (χ2n) is 4.59. The Morgan fingerprint density at radius 3 is 2.59 bits per heavy atom. The average Bonchev–Trinajstić information content (AvgIpc) is 2.70. The van der Waals surface area contributed by atoms with Crippen molar-refractivity contribution in [2.75, 3.05) is 18.0 Å². The number of aromatic hydroxyl groups is 1. The van der Waals surface area contributed by atoms with E-state index < -0.39 is 16.1 Å². The predicted molar refractivity (Wildman–Crippen MR) is 77.7 cm³/mol. The number of carbonyl (C=O) groups excluding carboxylic acids is 1. The summed E-state index contributed by atoms with van der Waals surface area (Å²) in [6.07, 6.45) is 0. The maximum absolute atomic E-state index is 11.8. The molecule has 7 nitrogen and oxygen atoms in total. The van der Waals surface area contributed by atoms with Gasteiger partial charge in [0.05, 0.1) is 12.8 Å². The number of phenolic OH excluding ortho intramolecular Hbond substituents is 1. The van der Waals surface area contributed by atoms with Crippen molar-refractivity contribution in [3.05, 3.63) is 30.3 Å². The molecule has 1 fully saturated rings. The van der Waals surface area contributed by atoms with Gasteiger partial charge in [0.25, 0.3) is 5.91 Å². The molecule has 0 atom stereocenters. The van der Waals surface area contributed by atoms with E-state index in [1.807, 2.05) is 4.72 Å². The fourth-order valence-electron chi connectivity index (χ4n) is 2.24. The number of benzene rings is 2. The van der Waals surface area contributed by atoms with Gasteiger partial charge < -0.3 is 11.3 Å². The van der Waals surface area contributed by atoms with Crippen LogP contribution in [-0.2, 0) is 15.0 Å². The molecule has 0 aromatic heterocycles. The normalized spacial score (nSPS) is 16.2. The SMILES string of the molecule is COc1ccc2cc(O)c(N3CC(=O)NS3(=O)=O)cc2c1.[H-].[K+]. The summed E-state index contributed by atoms with van der Waals surface area (Å²) < 4.78 is 31.5. The van der Waals surface area contributed by atoms with Crippen molar-refractivity contribution >= 4 is 32.6 Å². The van der Waals surface area contributed by atoms with E-state index >= 15 is 0 Å². The zero-order valence-electron chi connectivity index (χ0n) is 13.0. The molecule has 1 aliphatic heterocycles. The molecular weight excluding hydrogens is 335 g/mol. The van der Waals surface area contributed by atoms with E-state index in [4.69, 9.17) is 4.74 Å². The van der Waals surface area contributed by atoms with E-state index in [1.54, 1.807) is 18.2 Å². The van der Waals surface area contributed by atoms with Crippen LogP contribution in [-0.4, -0.2) is 33.1 Å². The Morgan fingerprint density at radius 2 is 2.00 bits per heavy atom. The van der Waals surface area contributed by atoms with Crippen molar-refractivity contribution < 1.29 is 75.9 Å². The van der Waals surface area contributed by atoms with E-state index in [2.05, 4.69) is 0 Å².